The number of aromatic nitrogens is 2. The standard InChI is InChI=1S/C20H24N4O/c1-14-12-18(23-25-14)19-15-8-4-2-5-9-17(15)22-20(16(19)13-21)24-10-6-3-7-11-24/h12H,2-11H2,1H3. The van der Waals surface area contributed by atoms with Crippen molar-refractivity contribution in [3.05, 3.63) is 28.6 Å². The van der Waals surface area contributed by atoms with Gasteiger partial charge >= 0.3 is 0 Å². The van der Waals surface area contributed by atoms with Crippen LogP contribution in [-0.2, 0) is 12.8 Å². The predicted octanol–water partition coefficient (Wildman–Crippen LogP) is 4.18. The molecule has 0 saturated carbocycles. The second-order valence-corrected chi connectivity index (χ2v) is 7.15. The Morgan fingerprint density at radius 1 is 1.08 bits per heavy atom. The van der Waals surface area contributed by atoms with E-state index in [1.807, 2.05) is 13.0 Å². The summed E-state index contributed by atoms with van der Waals surface area (Å²) < 4.78 is 5.33. The highest BCUT2D eigenvalue weighted by molar-refractivity contribution is 5.78. The van der Waals surface area contributed by atoms with Gasteiger partial charge in [-0.2, -0.15) is 5.26 Å². The van der Waals surface area contributed by atoms with Crippen LogP contribution in [0.1, 0.15) is 61.1 Å². The molecule has 0 N–H and O–H groups in total. The van der Waals surface area contributed by atoms with Crippen molar-refractivity contribution in [1.82, 2.24) is 10.1 Å². The van der Waals surface area contributed by atoms with Gasteiger partial charge in [0.15, 0.2) is 0 Å². The van der Waals surface area contributed by atoms with Gasteiger partial charge in [0.25, 0.3) is 0 Å². The van der Waals surface area contributed by atoms with E-state index in [1.54, 1.807) is 0 Å². The zero-order chi connectivity index (χ0) is 17.2. The molecule has 5 heteroatoms. The Balaban J connectivity index is 1.94. The number of aryl methyl sites for hydroxylation is 2. The smallest absolute Gasteiger partial charge is 0.147 e. The molecular weight excluding hydrogens is 312 g/mol. The number of hydrogen-bond donors (Lipinski definition) is 0. The van der Waals surface area contributed by atoms with Gasteiger partial charge in [0.1, 0.15) is 28.9 Å². The highest BCUT2D eigenvalue weighted by Crippen LogP contribution is 2.37. The molecule has 1 aliphatic carbocycles. The molecular formula is C20H24N4O. The quantitative estimate of drug-likeness (QED) is 0.770. The largest absolute Gasteiger partial charge is 0.361 e. The molecule has 2 aromatic heterocycles. The van der Waals surface area contributed by atoms with Crippen molar-refractivity contribution in [3.8, 4) is 17.3 Å². The number of rotatable bonds is 2. The molecule has 1 aliphatic heterocycles. The van der Waals surface area contributed by atoms with E-state index in [2.05, 4.69) is 16.1 Å². The first-order chi connectivity index (χ1) is 12.3. The van der Waals surface area contributed by atoms with Gasteiger partial charge in [-0.05, 0) is 57.4 Å². The highest BCUT2D eigenvalue weighted by atomic mass is 16.5. The van der Waals surface area contributed by atoms with Gasteiger partial charge in [0.2, 0.25) is 0 Å². The highest BCUT2D eigenvalue weighted by Gasteiger charge is 2.27. The summed E-state index contributed by atoms with van der Waals surface area (Å²) in [5.74, 6) is 1.64. The van der Waals surface area contributed by atoms with Crippen LogP contribution < -0.4 is 4.90 Å². The number of piperidine rings is 1. The van der Waals surface area contributed by atoms with Crippen LogP contribution in [0.15, 0.2) is 10.6 Å². The molecule has 0 aromatic carbocycles. The predicted molar refractivity (Wildman–Crippen MR) is 96.5 cm³/mol. The maximum absolute atomic E-state index is 9.99. The number of hydrogen-bond acceptors (Lipinski definition) is 5. The third-order valence-corrected chi connectivity index (χ3v) is 5.36. The summed E-state index contributed by atoms with van der Waals surface area (Å²) in [5.41, 5.74) is 4.80. The van der Waals surface area contributed by atoms with Crippen LogP contribution in [-0.4, -0.2) is 23.2 Å². The number of pyridine rings is 1. The Hall–Kier alpha value is -2.35. The minimum absolute atomic E-state index is 0.677. The van der Waals surface area contributed by atoms with Gasteiger partial charge in [0, 0.05) is 30.4 Å². The van der Waals surface area contributed by atoms with Gasteiger partial charge < -0.3 is 9.42 Å². The van der Waals surface area contributed by atoms with E-state index in [1.165, 1.54) is 37.7 Å². The summed E-state index contributed by atoms with van der Waals surface area (Å²) in [6.07, 6.45) is 9.09. The molecule has 3 heterocycles. The summed E-state index contributed by atoms with van der Waals surface area (Å²) in [7, 11) is 0. The maximum atomic E-state index is 9.99. The van der Waals surface area contributed by atoms with Crippen molar-refractivity contribution in [2.75, 3.05) is 18.0 Å². The van der Waals surface area contributed by atoms with Crippen LogP contribution >= 0.6 is 0 Å². The van der Waals surface area contributed by atoms with E-state index < -0.39 is 0 Å². The third kappa shape index (κ3) is 3.02. The fourth-order valence-electron chi connectivity index (χ4n) is 4.11. The van der Waals surface area contributed by atoms with Crippen LogP contribution in [0.4, 0.5) is 5.82 Å². The molecule has 0 bridgehead atoms. The molecule has 0 spiro atoms. The lowest BCUT2D eigenvalue weighted by atomic mass is 9.94. The molecule has 130 valence electrons. The fourth-order valence-corrected chi connectivity index (χ4v) is 4.11. The zero-order valence-corrected chi connectivity index (χ0v) is 14.8. The SMILES string of the molecule is Cc1cc(-c2c(C#N)c(N3CCCCC3)nc3c2CCCCC3)no1. The van der Waals surface area contributed by atoms with Crippen molar-refractivity contribution >= 4 is 5.82 Å². The molecule has 0 atom stereocenters. The zero-order valence-electron chi connectivity index (χ0n) is 14.8. The van der Waals surface area contributed by atoms with E-state index >= 15 is 0 Å². The minimum atomic E-state index is 0.677. The summed E-state index contributed by atoms with van der Waals surface area (Å²) >= 11 is 0. The maximum Gasteiger partial charge on any atom is 0.147 e. The van der Waals surface area contributed by atoms with Crippen molar-refractivity contribution in [2.24, 2.45) is 0 Å². The lowest BCUT2D eigenvalue weighted by Crippen LogP contribution is -2.31. The first kappa shape index (κ1) is 16.1. The first-order valence-electron chi connectivity index (χ1n) is 9.42. The molecule has 4 rings (SSSR count). The fraction of sp³-hybridized carbons (Fsp3) is 0.550. The number of fused-ring (bicyclic) bond motifs is 1. The normalized spacial score (nSPS) is 17.7. The number of nitrogens with zero attached hydrogens (tertiary/aromatic N) is 4. The molecule has 5 nitrogen and oxygen atoms in total. The van der Waals surface area contributed by atoms with Gasteiger partial charge in [-0.1, -0.05) is 11.6 Å². The molecule has 2 aromatic rings. The lowest BCUT2D eigenvalue weighted by molar-refractivity contribution is 0.399. The number of nitriles is 1. The molecule has 0 radical (unpaired) electrons. The second kappa shape index (κ2) is 6.87. The Kier molecular flexibility index (Phi) is 4.44. The molecule has 2 aliphatic rings. The Labute approximate surface area is 148 Å². The Morgan fingerprint density at radius 3 is 2.56 bits per heavy atom. The van der Waals surface area contributed by atoms with Crippen LogP contribution in [0.25, 0.3) is 11.3 Å². The van der Waals surface area contributed by atoms with Gasteiger partial charge in [-0.3, -0.25) is 0 Å². The van der Waals surface area contributed by atoms with E-state index in [0.717, 1.165) is 60.9 Å². The molecule has 0 unspecified atom stereocenters. The molecule has 1 saturated heterocycles. The third-order valence-electron chi connectivity index (χ3n) is 5.36. The van der Waals surface area contributed by atoms with Crippen LogP contribution in [0.3, 0.4) is 0 Å². The number of anilines is 1. The topological polar surface area (TPSA) is 66.0 Å². The molecule has 25 heavy (non-hydrogen) atoms. The average molecular weight is 336 g/mol. The minimum Gasteiger partial charge on any atom is -0.361 e. The summed E-state index contributed by atoms with van der Waals surface area (Å²) in [5, 5.41) is 14.2. The van der Waals surface area contributed by atoms with Gasteiger partial charge in [0.05, 0.1) is 0 Å². The summed E-state index contributed by atoms with van der Waals surface area (Å²) in [6.45, 7) is 3.86. The van der Waals surface area contributed by atoms with E-state index in [4.69, 9.17) is 9.51 Å². The summed E-state index contributed by atoms with van der Waals surface area (Å²) in [6, 6.07) is 4.40. The first-order valence-corrected chi connectivity index (χ1v) is 9.42. The van der Waals surface area contributed by atoms with Crippen molar-refractivity contribution < 1.29 is 4.52 Å². The van der Waals surface area contributed by atoms with Crippen molar-refractivity contribution in [3.63, 3.8) is 0 Å². The molecule has 1 fully saturated rings. The molecule has 0 amide bonds. The van der Waals surface area contributed by atoms with Crippen molar-refractivity contribution in [2.45, 2.75) is 58.3 Å². The lowest BCUT2D eigenvalue weighted by Gasteiger charge is -2.30. The van der Waals surface area contributed by atoms with Crippen LogP contribution in [0.2, 0.25) is 0 Å². The Morgan fingerprint density at radius 2 is 1.84 bits per heavy atom. The van der Waals surface area contributed by atoms with Crippen molar-refractivity contribution in [1.29, 1.82) is 5.26 Å². The average Bonchev–Trinajstić information content (AvgIpc) is 2.93. The van der Waals surface area contributed by atoms with Crippen LogP contribution in [0, 0.1) is 18.3 Å². The van der Waals surface area contributed by atoms with E-state index in [0.29, 0.717) is 5.56 Å². The summed E-state index contributed by atoms with van der Waals surface area (Å²) in [4.78, 5) is 7.30. The van der Waals surface area contributed by atoms with E-state index in [-0.39, 0.29) is 0 Å². The van der Waals surface area contributed by atoms with E-state index in [9.17, 15) is 5.26 Å². The monoisotopic (exact) mass is 336 g/mol. The second-order valence-electron chi connectivity index (χ2n) is 7.15. The Bertz CT molecular complexity index is 812. The van der Waals surface area contributed by atoms with Gasteiger partial charge in [-0.25, -0.2) is 4.98 Å². The van der Waals surface area contributed by atoms with Crippen LogP contribution in [0.5, 0.6) is 0 Å². The van der Waals surface area contributed by atoms with Gasteiger partial charge in [-0.15, -0.1) is 0 Å².